The number of imidazole rings is 1. The molecule has 0 atom stereocenters. The third-order valence-electron chi connectivity index (χ3n) is 6.01. The topological polar surface area (TPSA) is 130 Å². The molecule has 0 unspecified atom stereocenters. The lowest BCUT2D eigenvalue weighted by molar-refractivity contribution is 0.101. The zero-order valence-electron chi connectivity index (χ0n) is 18.4. The van der Waals surface area contributed by atoms with Gasteiger partial charge >= 0.3 is 6.09 Å². The first-order valence-corrected chi connectivity index (χ1v) is 10.7. The van der Waals surface area contributed by atoms with Crippen LogP contribution in [0.5, 0.6) is 11.5 Å². The van der Waals surface area contributed by atoms with Crippen LogP contribution in [-0.4, -0.2) is 51.3 Å². The Morgan fingerprint density at radius 3 is 2.74 bits per heavy atom. The third-order valence-corrected chi connectivity index (χ3v) is 6.01. The van der Waals surface area contributed by atoms with E-state index in [1.165, 1.54) is 4.90 Å². The Kier molecular flexibility index (Phi) is 5.30. The molecule has 5 rings (SSSR count). The van der Waals surface area contributed by atoms with Gasteiger partial charge in [0.2, 0.25) is 0 Å². The number of fused-ring (bicyclic) bond motifs is 2. The fraction of sp³-hybridized carbons (Fsp3) is 0.250. The number of carbonyl (C=O) groups is 2. The van der Waals surface area contributed by atoms with Crippen molar-refractivity contribution in [2.45, 2.75) is 13.0 Å². The second kappa shape index (κ2) is 8.44. The van der Waals surface area contributed by atoms with Crippen LogP contribution in [0.2, 0.25) is 0 Å². The van der Waals surface area contributed by atoms with Gasteiger partial charge in [-0.15, -0.1) is 0 Å². The average Bonchev–Trinajstić information content (AvgIpc) is 3.19. The monoisotopic (exact) mass is 459 g/mol. The number of nitriles is 1. The van der Waals surface area contributed by atoms with Crippen LogP contribution < -0.4 is 14.8 Å². The second-order valence-corrected chi connectivity index (χ2v) is 7.99. The van der Waals surface area contributed by atoms with Gasteiger partial charge in [-0.1, -0.05) is 18.2 Å². The summed E-state index contributed by atoms with van der Waals surface area (Å²) in [4.78, 5) is 30.1. The van der Waals surface area contributed by atoms with Crippen LogP contribution >= 0.6 is 0 Å². The Balaban J connectivity index is 1.45. The first-order valence-electron chi connectivity index (χ1n) is 10.7. The van der Waals surface area contributed by atoms with Crippen molar-refractivity contribution < 1.29 is 24.2 Å². The molecule has 10 heteroatoms. The summed E-state index contributed by atoms with van der Waals surface area (Å²) in [6.07, 6.45) is -0.543. The lowest BCUT2D eigenvalue weighted by Crippen LogP contribution is -2.35. The smallest absolute Gasteiger partial charge is 0.407 e. The number of ether oxygens (including phenoxy) is 2. The number of hydrogen-bond acceptors (Lipinski definition) is 6. The maximum atomic E-state index is 13.1. The molecule has 2 aliphatic heterocycles. The SMILES string of the molecule is Cn1c(C(=O)Nc2cccc(-c3ccc4c(c3)OCCO4)c2C#N)nc2c1CCN(C(=O)O)C2. The van der Waals surface area contributed by atoms with E-state index >= 15 is 0 Å². The third kappa shape index (κ3) is 3.67. The van der Waals surface area contributed by atoms with Crippen LogP contribution in [0, 0.1) is 11.3 Å². The summed E-state index contributed by atoms with van der Waals surface area (Å²) in [6, 6.07) is 12.9. The summed E-state index contributed by atoms with van der Waals surface area (Å²) in [5.41, 5.74) is 3.46. The molecule has 2 N–H and O–H groups in total. The van der Waals surface area contributed by atoms with Crippen molar-refractivity contribution in [1.82, 2.24) is 14.5 Å². The average molecular weight is 459 g/mol. The number of aromatic nitrogens is 2. The van der Waals surface area contributed by atoms with Crippen LogP contribution in [0.4, 0.5) is 10.5 Å². The molecular formula is C24H21N5O5. The van der Waals surface area contributed by atoms with Gasteiger partial charge in [0.25, 0.3) is 5.91 Å². The Bertz CT molecular complexity index is 1360. The fourth-order valence-electron chi connectivity index (χ4n) is 4.30. The maximum Gasteiger partial charge on any atom is 0.407 e. The number of benzene rings is 2. The van der Waals surface area contributed by atoms with E-state index in [-0.39, 0.29) is 12.4 Å². The Hall–Kier alpha value is -4.52. The molecule has 0 fully saturated rings. The van der Waals surface area contributed by atoms with E-state index in [4.69, 9.17) is 9.47 Å². The standard InChI is InChI=1S/C24H21N5O5/c1-28-19-7-8-29(24(31)32)13-18(19)26-22(28)23(30)27-17-4-2-3-15(16(17)12-25)14-5-6-20-21(11-14)34-10-9-33-20/h2-6,11H,7-10,13H2,1H3,(H,27,30)(H,31,32). The number of carbonyl (C=O) groups excluding carboxylic acids is 1. The molecule has 172 valence electrons. The fourth-order valence-corrected chi connectivity index (χ4v) is 4.30. The number of hydrogen-bond donors (Lipinski definition) is 2. The largest absolute Gasteiger partial charge is 0.486 e. The van der Waals surface area contributed by atoms with E-state index in [0.717, 1.165) is 11.3 Å². The minimum Gasteiger partial charge on any atom is -0.486 e. The number of nitrogens with one attached hydrogen (secondary N) is 1. The van der Waals surface area contributed by atoms with Crippen LogP contribution in [0.3, 0.4) is 0 Å². The highest BCUT2D eigenvalue weighted by Gasteiger charge is 2.28. The highest BCUT2D eigenvalue weighted by atomic mass is 16.6. The molecule has 2 aliphatic rings. The zero-order chi connectivity index (χ0) is 23.8. The van der Waals surface area contributed by atoms with E-state index in [1.54, 1.807) is 35.9 Å². The lowest BCUT2D eigenvalue weighted by atomic mass is 9.98. The predicted octanol–water partition coefficient (Wildman–Crippen LogP) is 3.02. The van der Waals surface area contributed by atoms with Crippen molar-refractivity contribution in [3.8, 4) is 28.7 Å². The van der Waals surface area contributed by atoms with E-state index in [9.17, 15) is 20.0 Å². The molecule has 0 saturated carbocycles. The molecule has 34 heavy (non-hydrogen) atoms. The number of rotatable bonds is 3. The second-order valence-electron chi connectivity index (χ2n) is 7.99. The molecule has 3 heterocycles. The number of nitrogens with zero attached hydrogens (tertiary/aromatic N) is 4. The highest BCUT2D eigenvalue weighted by molar-refractivity contribution is 6.03. The summed E-state index contributed by atoms with van der Waals surface area (Å²) < 4.78 is 12.9. The quantitative estimate of drug-likeness (QED) is 0.616. The van der Waals surface area contributed by atoms with Crippen molar-refractivity contribution in [2.24, 2.45) is 7.05 Å². The van der Waals surface area contributed by atoms with E-state index in [0.29, 0.717) is 60.2 Å². The molecule has 2 amide bonds. The minimum absolute atomic E-state index is 0.134. The number of carboxylic acid groups (broad SMARTS) is 1. The molecular weight excluding hydrogens is 438 g/mol. The van der Waals surface area contributed by atoms with Gasteiger partial charge in [-0.2, -0.15) is 5.26 Å². The molecule has 1 aromatic heterocycles. The molecule has 0 saturated heterocycles. The van der Waals surface area contributed by atoms with Crippen molar-refractivity contribution in [3.63, 3.8) is 0 Å². The van der Waals surface area contributed by atoms with Gasteiger partial charge in [0.1, 0.15) is 19.3 Å². The van der Waals surface area contributed by atoms with Crippen LogP contribution in [0.1, 0.15) is 27.6 Å². The van der Waals surface area contributed by atoms with E-state index in [1.807, 2.05) is 12.1 Å². The predicted molar refractivity (Wildman–Crippen MR) is 121 cm³/mol. The van der Waals surface area contributed by atoms with Crippen molar-refractivity contribution >= 4 is 17.7 Å². The summed E-state index contributed by atoms with van der Waals surface area (Å²) in [6.45, 7) is 1.42. The number of amides is 2. The van der Waals surface area contributed by atoms with Gasteiger partial charge in [0.05, 0.1) is 23.5 Å². The van der Waals surface area contributed by atoms with E-state index < -0.39 is 12.0 Å². The zero-order valence-corrected chi connectivity index (χ0v) is 18.4. The summed E-state index contributed by atoms with van der Waals surface area (Å²) in [5, 5.41) is 22.0. The van der Waals surface area contributed by atoms with Crippen molar-refractivity contribution in [3.05, 3.63) is 59.2 Å². The molecule has 0 aliphatic carbocycles. The van der Waals surface area contributed by atoms with Gasteiger partial charge in [0.15, 0.2) is 17.3 Å². The Morgan fingerprint density at radius 1 is 1.18 bits per heavy atom. The van der Waals surface area contributed by atoms with Gasteiger partial charge < -0.3 is 29.4 Å². The van der Waals surface area contributed by atoms with Crippen LogP contribution in [0.15, 0.2) is 36.4 Å². The lowest BCUT2D eigenvalue weighted by Gasteiger charge is -2.23. The van der Waals surface area contributed by atoms with Gasteiger partial charge in [0, 0.05) is 31.3 Å². The summed E-state index contributed by atoms with van der Waals surface area (Å²) >= 11 is 0. The van der Waals surface area contributed by atoms with Gasteiger partial charge in [-0.3, -0.25) is 4.79 Å². The highest BCUT2D eigenvalue weighted by Crippen LogP contribution is 2.37. The minimum atomic E-state index is -1.02. The molecule has 0 radical (unpaired) electrons. The summed E-state index contributed by atoms with van der Waals surface area (Å²) in [5.74, 6) is 0.940. The molecule has 3 aromatic rings. The molecule has 0 bridgehead atoms. The van der Waals surface area contributed by atoms with Gasteiger partial charge in [-0.25, -0.2) is 9.78 Å². The van der Waals surface area contributed by atoms with Crippen LogP contribution in [0.25, 0.3) is 11.1 Å². The summed E-state index contributed by atoms with van der Waals surface area (Å²) in [7, 11) is 1.73. The first kappa shape index (κ1) is 21.3. The Morgan fingerprint density at radius 2 is 1.97 bits per heavy atom. The molecule has 0 spiro atoms. The molecule has 2 aromatic carbocycles. The number of anilines is 1. The van der Waals surface area contributed by atoms with Crippen molar-refractivity contribution in [1.29, 1.82) is 5.26 Å². The first-order chi connectivity index (χ1) is 16.5. The maximum absolute atomic E-state index is 13.1. The van der Waals surface area contributed by atoms with Gasteiger partial charge in [-0.05, 0) is 23.8 Å². The molecule has 10 nitrogen and oxygen atoms in total. The van der Waals surface area contributed by atoms with E-state index in [2.05, 4.69) is 16.4 Å². The normalized spacial score (nSPS) is 14.2. The van der Waals surface area contributed by atoms with Crippen molar-refractivity contribution in [2.75, 3.05) is 25.1 Å². The van der Waals surface area contributed by atoms with Crippen LogP contribution in [-0.2, 0) is 20.0 Å². The Labute approximate surface area is 195 Å².